The molecule has 11 heteroatoms. The number of carboxylic acids is 1. The number of nitrogens with one attached hydrogen (secondary N) is 4. The van der Waals surface area contributed by atoms with Crippen molar-refractivity contribution >= 4 is 52.0 Å². The number of unbranched alkanes of at least 4 members (excludes halogenated alkanes) is 1. The minimum absolute atomic E-state index is 0.0376. The van der Waals surface area contributed by atoms with E-state index in [2.05, 4.69) is 26.6 Å². The number of rotatable bonds is 12. The van der Waals surface area contributed by atoms with E-state index in [-0.39, 0.29) is 18.0 Å². The number of carboxylic acid groups (broad SMARTS) is 1. The van der Waals surface area contributed by atoms with Gasteiger partial charge in [0.1, 0.15) is 11.8 Å². The lowest BCUT2D eigenvalue weighted by molar-refractivity contribution is -0.141. The number of carbonyl (C=O) groups excluding carboxylic acids is 2. The van der Waals surface area contributed by atoms with Crippen LogP contribution in [0.4, 0.5) is 11.4 Å². The molecule has 1 unspecified atom stereocenters. The largest absolute Gasteiger partial charge is 0.480 e. The van der Waals surface area contributed by atoms with Crippen LogP contribution in [-0.2, 0) is 20.8 Å². The lowest BCUT2D eigenvalue weighted by Crippen LogP contribution is -2.46. The van der Waals surface area contributed by atoms with Crippen LogP contribution < -0.4 is 27.4 Å². The maximum absolute atomic E-state index is 12.7. The zero-order valence-electron chi connectivity index (χ0n) is 18.3. The number of hydrogen-bond donors (Lipinski definition) is 6. The molecule has 0 aromatic heterocycles. The van der Waals surface area contributed by atoms with E-state index in [1.807, 2.05) is 0 Å². The molecule has 10 nitrogen and oxygen atoms in total. The first-order valence-corrected chi connectivity index (χ1v) is 11.1. The molecule has 1 aliphatic heterocycles. The number of aliphatic carboxylic acids is 1. The summed E-state index contributed by atoms with van der Waals surface area (Å²) in [5.74, 6) is 3.19. The second kappa shape index (κ2) is 12.1. The number of hydrogen-bond acceptors (Lipinski definition) is 8. The predicted octanol–water partition coefficient (Wildman–Crippen LogP) is 1.38. The average molecular weight is 483 g/mol. The van der Waals surface area contributed by atoms with Crippen LogP contribution in [0.15, 0.2) is 53.5 Å². The molecule has 0 bridgehead atoms. The number of amides is 2. The third-order valence-corrected chi connectivity index (χ3v) is 5.56. The number of anilines is 1. The summed E-state index contributed by atoms with van der Waals surface area (Å²) in [5.41, 5.74) is 7.68. The van der Waals surface area contributed by atoms with Gasteiger partial charge < -0.3 is 15.7 Å². The highest BCUT2D eigenvalue weighted by atomic mass is 32.1. The molecule has 2 aromatic carbocycles. The Morgan fingerprint density at radius 3 is 2.47 bits per heavy atom. The minimum atomic E-state index is -1.17. The molecule has 1 heterocycles. The van der Waals surface area contributed by atoms with E-state index >= 15 is 0 Å². The van der Waals surface area contributed by atoms with Crippen LogP contribution in [0.1, 0.15) is 30.4 Å². The van der Waals surface area contributed by atoms with Gasteiger partial charge in [-0.15, -0.1) is 0 Å². The van der Waals surface area contributed by atoms with Crippen molar-refractivity contribution in [2.75, 3.05) is 11.9 Å². The number of hydrazine groups is 2. The van der Waals surface area contributed by atoms with Gasteiger partial charge in [-0.1, -0.05) is 42.5 Å². The molecular weight excluding hydrogens is 456 g/mol. The molecule has 2 amide bonds. The molecule has 0 fully saturated rings. The first-order valence-electron chi connectivity index (χ1n) is 10.7. The maximum Gasteiger partial charge on any atom is 0.326 e. The van der Waals surface area contributed by atoms with Crippen LogP contribution in [0.3, 0.4) is 0 Å². The normalized spacial score (nSPS) is 13.1. The minimum Gasteiger partial charge on any atom is -0.480 e. The average Bonchev–Trinajstić information content (AvgIpc) is 3.16. The van der Waals surface area contributed by atoms with Crippen molar-refractivity contribution < 1.29 is 19.5 Å². The number of carbonyl (C=O) groups is 3. The number of nitrogens with two attached hydrogens (primary N) is 1. The van der Waals surface area contributed by atoms with Crippen molar-refractivity contribution in [1.29, 1.82) is 0 Å². The van der Waals surface area contributed by atoms with E-state index in [1.165, 1.54) is 0 Å². The van der Waals surface area contributed by atoms with E-state index in [0.29, 0.717) is 46.8 Å². The summed E-state index contributed by atoms with van der Waals surface area (Å²) in [7, 11) is 0. The highest BCUT2D eigenvalue weighted by Crippen LogP contribution is 2.26. The lowest BCUT2D eigenvalue weighted by atomic mass is 10.0. The monoisotopic (exact) mass is 482 g/mol. The fourth-order valence-corrected chi connectivity index (χ4v) is 3.71. The molecule has 1 aliphatic rings. The lowest BCUT2D eigenvalue weighted by Gasteiger charge is -2.15. The topological polar surface area (TPSA) is 158 Å². The van der Waals surface area contributed by atoms with Crippen LogP contribution in [0.2, 0.25) is 0 Å². The summed E-state index contributed by atoms with van der Waals surface area (Å²) >= 11 is 5.33. The van der Waals surface area contributed by atoms with Crippen LogP contribution in [0.5, 0.6) is 0 Å². The molecule has 1 atom stereocenters. The number of nitrogens with zero attached hydrogens (tertiary/aromatic N) is 1. The Morgan fingerprint density at radius 1 is 1.06 bits per heavy atom. The van der Waals surface area contributed by atoms with Crippen molar-refractivity contribution in [3.05, 3.63) is 59.7 Å². The molecule has 0 saturated heterocycles. The van der Waals surface area contributed by atoms with E-state index in [4.69, 9.17) is 18.1 Å². The molecule has 0 aliphatic carbocycles. The Kier molecular flexibility index (Phi) is 8.93. The van der Waals surface area contributed by atoms with Crippen molar-refractivity contribution in [1.82, 2.24) is 16.3 Å². The van der Waals surface area contributed by atoms with Gasteiger partial charge in [-0.3, -0.25) is 15.4 Å². The number of thiocarbonyl (C=S) groups is 1. The van der Waals surface area contributed by atoms with Gasteiger partial charge in [0.05, 0.1) is 10.6 Å². The summed E-state index contributed by atoms with van der Waals surface area (Å²) in [4.78, 5) is 41.0. The van der Waals surface area contributed by atoms with Crippen LogP contribution in [0.25, 0.3) is 0 Å². The van der Waals surface area contributed by atoms with Gasteiger partial charge in [-0.25, -0.2) is 15.2 Å². The molecule has 0 radical (unpaired) electrons. The summed E-state index contributed by atoms with van der Waals surface area (Å²) < 4.78 is 0. The van der Waals surface area contributed by atoms with Crippen molar-refractivity contribution in [2.24, 2.45) is 10.8 Å². The Balaban J connectivity index is 1.54. The summed E-state index contributed by atoms with van der Waals surface area (Å²) in [6, 6.07) is 12.7. The number of para-hydroxylation sites is 1. The van der Waals surface area contributed by atoms with Crippen molar-refractivity contribution in [3.8, 4) is 0 Å². The zero-order valence-corrected chi connectivity index (χ0v) is 19.2. The van der Waals surface area contributed by atoms with Crippen LogP contribution >= 0.6 is 12.2 Å². The summed E-state index contributed by atoms with van der Waals surface area (Å²) in [5, 5.41) is 14.9. The molecule has 3 rings (SSSR count). The zero-order chi connectivity index (χ0) is 24.5. The predicted molar refractivity (Wildman–Crippen MR) is 133 cm³/mol. The Hall–Kier alpha value is -3.51. The number of benzene rings is 2. The first-order chi connectivity index (χ1) is 16.4. The molecule has 7 N–H and O–H groups in total. The van der Waals surface area contributed by atoms with E-state index < -0.39 is 17.9 Å². The van der Waals surface area contributed by atoms with Crippen LogP contribution in [-0.4, -0.2) is 46.1 Å². The molecule has 34 heavy (non-hydrogen) atoms. The van der Waals surface area contributed by atoms with E-state index in [0.717, 1.165) is 6.42 Å². The fraction of sp³-hybridized carbons (Fsp3) is 0.261. The van der Waals surface area contributed by atoms with Crippen molar-refractivity contribution in [3.63, 3.8) is 0 Å². The van der Waals surface area contributed by atoms with Gasteiger partial charge in [-0.05, 0) is 36.6 Å². The highest BCUT2D eigenvalue weighted by molar-refractivity contribution is 7.83. The van der Waals surface area contributed by atoms with Gasteiger partial charge in [-0.2, -0.15) is 5.53 Å². The molecule has 0 spiro atoms. The van der Waals surface area contributed by atoms with Gasteiger partial charge in [0, 0.05) is 30.6 Å². The van der Waals surface area contributed by atoms with Gasteiger partial charge in [0.2, 0.25) is 5.91 Å². The molecule has 178 valence electrons. The molecule has 0 saturated carbocycles. The molecular formula is C23H26N6O4S. The maximum atomic E-state index is 12.7. The van der Waals surface area contributed by atoms with E-state index in [1.54, 1.807) is 48.5 Å². The summed E-state index contributed by atoms with van der Waals surface area (Å²) in [6.45, 7) is 0.659. The van der Waals surface area contributed by atoms with Crippen LogP contribution in [0, 0.1) is 0 Å². The third kappa shape index (κ3) is 6.75. The standard InChI is InChI=1S/C23H26N6O4S/c24-29-25-12-4-3-7-19(30)26-15-10-8-14(9-11-15)13-18(23(32)33)28-22(31)20-21(34)16-5-1-2-6-17(16)27-20/h1-2,5-6,8-11,18,25,29H,3-4,7,12-13,24H2,(H,26,30)(H,28,31)(H,32,33). The van der Waals surface area contributed by atoms with Gasteiger partial charge >= 0.3 is 5.97 Å². The SMILES string of the molecule is NNNCCCCC(=O)Nc1ccc(CC(NC(=O)C2=Nc3ccccc3C2=S)C(=O)O)cc1. The smallest absolute Gasteiger partial charge is 0.326 e. The molecule has 2 aromatic rings. The van der Waals surface area contributed by atoms with Gasteiger partial charge in [0.15, 0.2) is 0 Å². The highest BCUT2D eigenvalue weighted by Gasteiger charge is 2.29. The Morgan fingerprint density at radius 2 is 1.79 bits per heavy atom. The second-order valence-electron chi connectivity index (χ2n) is 7.65. The Bertz CT molecular complexity index is 1100. The number of fused-ring (bicyclic) bond motifs is 1. The Labute approximate surface area is 202 Å². The second-order valence-corrected chi connectivity index (χ2v) is 8.06. The summed E-state index contributed by atoms with van der Waals surface area (Å²) in [6.07, 6.45) is 1.93. The first kappa shape index (κ1) is 25.1. The third-order valence-electron chi connectivity index (χ3n) is 5.15. The number of aliphatic imine (C=N–C) groups is 1. The van der Waals surface area contributed by atoms with Crippen molar-refractivity contribution in [2.45, 2.75) is 31.7 Å². The fourth-order valence-electron chi connectivity index (χ4n) is 3.40. The van der Waals surface area contributed by atoms with E-state index in [9.17, 15) is 19.5 Å². The quantitative estimate of drug-likeness (QED) is 0.115. The van der Waals surface area contributed by atoms with Gasteiger partial charge in [0.25, 0.3) is 5.91 Å².